The lowest BCUT2D eigenvalue weighted by molar-refractivity contribution is -0.139. The second kappa shape index (κ2) is 10.4. The lowest BCUT2D eigenvalue weighted by Crippen LogP contribution is -2.23. The molecule has 34 heavy (non-hydrogen) atoms. The van der Waals surface area contributed by atoms with Gasteiger partial charge in [0.15, 0.2) is 0 Å². The van der Waals surface area contributed by atoms with Gasteiger partial charge in [-0.1, -0.05) is 54.1 Å². The lowest BCUT2D eigenvalue weighted by Gasteiger charge is -2.19. The van der Waals surface area contributed by atoms with Crippen molar-refractivity contribution in [2.75, 3.05) is 0 Å². The maximum Gasteiger partial charge on any atom is 0.399 e. The first-order chi connectivity index (χ1) is 16.0. The maximum absolute atomic E-state index is 13.9. The van der Waals surface area contributed by atoms with Gasteiger partial charge in [-0.2, -0.15) is 13.2 Å². The molecule has 0 saturated carbocycles. The zero-order valence-electron chi connectivity index (χ0n) is 18.8. The Morgan fingerprint density at radius 1 is 1.06 bits per heavy atom. The fraction of sp³-hybridized carbons (Fsp3) is 0.231. The third-order valence-electron chi connectivity index (χ3n) is 5.39. The minimum Gasteiger partial charge on any atom is -0.348 e. The number of hydrogen-bond acceptors (Lipinski definition) is 2. The van der Waals surface area contributed by atoms with Crippen molar-refractivity contribution >= 4 is 23.6 Å². The van der Waals surface area contributed by atoms with E-state index >= 15 is 0 Å². The highest BCUT2D eigenvalue weighted by Gasteiger charge is 2.39. The number of carbonyl (C=O) groups excluding carboxylic acids is 1. The summed E-state index contributed by atoms with van der Waals surface area (Å²) in [6.07, 6.45) is -0.572. The molecule has 1 amide bonds. The third kappa shape index (κ3) is 6.23. The highest BCUT2D eigenvalue weighted by molar-refractivity contribution is 6.29. The van der Waals surface area contributed by atoms with Crippen LogP contribution in [0.15, 0.2) is 54.7 Å². The molecule has 1 unspecified atom stereocenters. The van der Waals surface area contributed by atoms with E-state index in [1.54, 1.807) is 43.5 Å². The van der Waals surface area contributed by atoms with Gasteiger partial charge in [0, 0.05) is 18.3 Å². The van der Waals surface area contributed by atoms with Gasteiger partial charge in [0.05, 0.1) is 5.92 Å². The van der Waals surface area contributed by atoms with E-state index in [4.69, 9.17) is 11.6 Å². The monoisotopic (exact) mass is 490 g/mol. The molecular formula is C26H23ClF4N2O. The zero-order chi connectivity index (χ0) is 25.0. The molecule has 3 nitrogen and oxygen atoms in total. The van der Waals surface area contributed by atoms with Gasteiger partial charge in [-0.15, -0.1) is 0 Å². The number of hydrogen-bond donors (Lipinski definition) is 1. The summed E-state index contributed by atoms with van der Waals surface area (Å²) in [6.45, 7) is 4.86. The van der Waals surface area contributed by atoms with E-state index in [2.05, 4.69) is 10.3 Å². The molecule has 178 valence electrons. The van der Waals surface area contributed by atoms with Gasteiger partial charge in [-0.25, -0.2) is 9.37 Å². The first kappa shape index (κ1) is 25.4. The fourth-order valence-electron chi connectivity index (χ4n) is 3.61. The molecule has 1 heterocycles. The summed E-state index contributed by atoms with van der Waals surface area (Å²) in [4.78, 5) is 16.5. The van der Waals surface area contributed by atoms with E-state index in [1.807, 2.05) is 0 Å². The molecule has 0 bridgehead atoms. The Labute approximate surface area is 200 Å². The Bertz CT molecular complexity index is 1200. The van der Waals surface area contributed by atoms with Crippen molar-refractivity contribution in [3.05, 3.63) is 105 Å². The van der Waals surface area contributed by atoms with Gasteiger partial charge in [-0.05, 0) is 66.3 Å². The van der Waals surface area contributed by atoms with Gasteiger partial charge in [0.1, 0.15) is 11.0 Å². The molecule has 0 aliphatic heterocycles. The molecule has 1 N–H and O–H groups in total. The minimum atomic E-state index is -4.54. The average Bonchev–Trinajstić information content (AvgIpc) is 2.76. The van der Waals surface area contributed by atoms with Crippen LogP contribution in [0.3, 0.4) is 0 Å². The number of rotatable bonds is 6. The number of aryl methyl sites for hydroxylation is 3. The molecular weight excluding hydrogens is 468 g/mol. The molecule has 0 radical (unpaired) electrons. The molecule has 2 aromatic carbocycles. The van der Waals surface area contributed by atoms with Crippen molar-refractivity contribution < 1.29 is 22.4 Å². The molecule has 0 fully saturated rings. The Balaban J connectivity index is 1.77. The van der Waals surface area contributed by atoms with E-state index in [1.165, 1.54) is 32.1 Å². The zero-order valence-corrected chi connectivity index (χ0v) is 19.6. The smallest absolute Gasteiger partial charge is 0.348 e. The van der Waals surface area contributed by atoms with E-state index in [-0.39, 0.29) is 29.1 Å². The van der Waals surface area contributed by atoms with E-state index in [0.717, 1.165) is 11.6 Å². The number of allylic oxidation sites excluding steroid dienone is 1. The predicted octanol–water partition coefficient (Wildman–Crippen LogP) is 7.09. The maximum atomic E-state index is 13.9. The second-order valence-electron chi connectivity index (χ2n) is 8.09. The van der Waals surface area contributed by atoms with Crippen LogP contribution in [-0.4, -0.2) is 17.1 Å². The Kier molecular flexibility index (Phi) is 7.77. The first-order valence-corrected chi connectivity index (χ1v) is 10.8. The number of halogens is 5. The third-order valence-corrected chi connectivity index (χ3v) is 5.61. The molecule has 0 aliphatic rings. The topological polar surface area (TPSA) is 42.0 Å². The largest absolute Gasteiger partial charge is 0.399 e. The van der Waals surface area contributed by atoms with Crippen LogP contribution in [0.4, 0.5) is 17.6 Å². The summed E-state index contributed by atoms with van der Waals surface area (Å²) in [6, 6.07) is 10.6. The average molecular weight is 491 g/mol. The summed E-state index contributed by atoms with van der Waals surface area (Å²) in [5, 5.41) is 3.14. The summed E-state index contributed by atoms with van der Waals surface area (Å²) in [5.74, 6) is -2.71. The van der Waals surface area contributed by atoms with Crippen molar-refractivity contribution in [2.24, 2.45) is 0 Å². The Morgan fingerprint density at radius 2 is 1.74 bits per heavy atom. The molecule has 0 spiro atoms. The fourth-order valence-corrected chi connectivity index (χ4v) is 3.72. The summed E-state index contributed by atoms with van der Waals surface area (Å²) in [7, 11) is 0. The van der Waals surface area contributed by atoms with Crippen molar-refractivity contribution in [3.8, 4) is 0 Å². The number of alkyl halides is 3. The van der Waals surface area contributed by atoms with Crippen molar-refractivity contribution in [2.45, 2.75) is 39.4 Å². The molecule has 3 aromatic rings. The lowest BCUT2D eigenvalue weighted by atomic mass is 9.93. The van der Waals surface area contributed by atoms with E-state index in [9.17, 15) is 22.4 Å². The van der Waals surface area contributed by atoms with Gasteiger partial charge in [0.25, 0.3) is 5.91 Å². The van der Waals surface area contributed by atoms with Crippen molar-refractivity contribution in [1.29, 1.82) is 0 Å². The number of aromatic nitrogens is 1. The van der Waals surface area contributed by atoms with Gasteiger partial charge < -0.3 is 5.32 Å². The molecule has 0 saturated heterocycles. The van der Waals surface area contributed by atoms with Crippen LogP contribution in [0.1, 0.15) is 49.7 Å². The quantitative estimate of drug-likeness (QED) is 0.296. The van der Waals surface area contributed by atoms with Crippen LogP contribution in [0.5, 0.6) is 0 Å². The number of nitrogens with zero attached hydrogens (tertiary/aromatic N) is 1. The summed E-state index contributed by atoms with van der Waals surface area (Å²) >= 11 is 5.75. The number of carbonyl (C=O) groups is 1. The normalized spacial score (nSPS) is 12.7. The van der Waals surface area contributed by atoms with Crippen LogP contribution >= 0.6 is 11.6 Å². The number of nitrogens with one attached hydrogen (secondary N) is 1. The molecule has 1 atom stereocenters. The Morgan fingerprint density at radius 3 is 2.29 bits per heavy atom. The minimum absolute atomic E-state index is 0.0236. The van der Waals surface area contributed by atoms with Crippen LogP contribution in [-0.2, 0) is 6.54 Å². The van der Waals surface area contributed by atoms with Crippen LogP contribution in [0.25, 0.3) is 6.08 Å². The van der Waals surface area contributed by atoms with Gasteiger partial charge in [-0.3, -0.25) is 4.79 Å². The molecule has 0 aliphatic carbocycles. The van der Waals surface area contributed by atoms with E-state index < -0.39 is 17.9 Å². The van der Waals surface area contributed by atoms with Crippen molar-refractivity contribution in [1.82, 2.24) is 10.3 Å². The predicted molar refractivity (Wildman–Crippen MR) is 125 cm³/mol. The molecule has 1 aromatic heterocycles. The summed E-state index contributed by atoms with van der Waals surface area (Å²) < 4.78 is 55.2. The van der Waals surface area contributed by atoms with E-state index in [0.29, 0.717) is 21.8 Å². The standard InChI is InChI=1S/C26H23ClF4N2O/c1-15-10-18(4-7-21(15)25(34)33-14-19-6-9-23(27)32-13-19)5-8-22(26(29,30)31)20-11-16(2)24(28)17(3)12-20/h4-13,22H,14H2,1-3H3,(H,33,34)/b8-5+. The van der Waals surface area contributed by atoms with Crippen LogP contribution in [0, 0.1) is 26.6 Å². The number of benzene rings is 2. The highest BCUT2D eigenvalue weighted by atomic mass is 35.5. The highest BCUT2D eigenvalue weighted by Crippen LogP contribution is 2.37. The van der Waals surface area contributed by atoms with Gasteiger partial charge >= 0.3 is 6.18 Å². The van der Waals surface area contributed by atoms with Crippen LogP contribution < -0.4 is 5.32 Å². The van der Waals surface area contributed by atoms with Crippen LogP contribution in [0.2, 0.25) is 5.15 Å². The van der Waals surface area contributed by atoms with Gasteiger partial charge in [0.2, 0.25) is 0 Å². The molecule has 3 rings (SSSR count). The molecule has 8 heteroatoms. The second-order valence-corrected chi connectivity index (χ2v) is 8.48. The Hall–Kier alpha value is -3.19. The first-order valence-electron chi connectivity index (χ1n) is 10.5. The SMILES string of the molecule is Cc1cc(/C=C/C(c2cc(C)c(F)c(C)c2)C(F)(F)F)ccc1C(=O)NCc1ccc(Cl)nc1. The number of amides is 1. The van der Waals surface area contributed by atoms with Crippen molar-refractivity contribution in [3.63, 3.8) is 0 Å². The number of pyridine rings is 1. The summed E-state index contributed by atoms with van der Waals surface area (Å²) in [5.41, 5.74) is 2.63.